The number of rotatable bonds is 0. The van der Waals surface area contributed by atoms with Crippen molar-refractivity contribution in [3.8, 4) is 0 Å². The molecule has 7 nitrogen and oxygen atoms in total. The Bertz CT molecular complexity index is 343. The molecular weight excluding hydrogens is 148 g/mol. The lowest BCUT2D eigenvalue weighted by atomic mass is 10.5. The molecular formula is C4H6N6O. The lowest BCUT2D eigenvalue weighted by Crippen LogP contribution is -2.32. The van der Waals surface area contributed by atoms with Gasteiger partial charge in [0.1, 0.15) is 5.69 Å². The summed E-state index contributed by atoms with van der Waals surface area (Å²) in [6.45, 7) is 1.60. The monoisotopic (exact) mass is 154 g/mol. The van der Waals surface area contributed by atoms with E-state index >= 15 is 0 Å². The molecule has 0 saturated heterocycles. The van der Waals surface area contributed by atoms with Crippen LogP contribution in [0, 0.1) is 6.92 Å². The number of fused-ring (bicyclic) bond motifs is 1. The van der Waals surface area contributed by atoms with Gasteiger partial charge in [0.05, 0.1) is 0 Å². The van der Waals surface area contributed by atoms with Gasteiger partial charge in [-0.05, 0) is 6.92 Å². The fourth-order valence-electron chi connectivity index (χ4n) is 0.792. The number of hydrazine groups is 2. The zero-order chi connectivity index (χ0) is 7.84. The molecule has 0 spiro atoms. The van der Waals surface area contributed by atoms with Crippen LogP contribution in [0.5, 0.6) is 0 Å². The van der Waals surface area contributed by atoms with Crippen LogP contribution in [-0.4, -0.2) is 14.9 Å². The normalized spacial score (nSPS) is 13.5. The zero-order valence-corrected chi connectivity index (χ0v) is 5.75. The first-order chi connectivity index (χ1) is 5.29. The average Bonchev–Trinajstić information content (AvgIpc) is 2.45. The lowest BCUT2D eigenvalue weighted by Gasteiger charge is -1.97. The number of nitrogens with one attached hydrogen (secondary N) is 3. The molecule has 0 radical (unpaired) electrons. The Morgan fingerprint density at radius 1 is 1.45 bits per heavy atom. The zero-order valence-electron chi connectivity index (χ0n) is 5.75. The van der Waals surface area contributed by atoms with E-state index in [0.717, 1.165) is 0 Å². The molecule has 1 aromatic rings. The van der Waals surface area contributed by atoms with Crippen molar-refractivity contribution in [2.75, 3.05) is 11.0 Å². The molecule has 1 aliphatic heterocycles. The molecule has 1 aliphatic rings. The Kier molecular flexibility index (Phi) is 1.07. The van der Waals surface area contributed by atoms with E-state index in [1.54, 1.807) is 6.92 Å². The minimum absolute atomic E-state index is 0.215. The maximum atomic E-state index is 11.2. The fraction of sp³-hybridized carbons (Fsp3) is 0.250. The van der Waals surface area contributed by atoms with Gasteiger partial charge in [-0.3, -0.25) is 10.2 Å². The molecule has 1 aromatic heterocycles. The third-order valence-corrected chi connectivity index (χ3v) is 1.36. The van der Waals surface area contributed by atoms with Crippen LogP contribution in [0.3, 0.4) is 0 Å². The van der Waals surface area contributed by atoms with Crippen LogP contribution in [0.2, 0.25) is 0 Å². The Morgan fingerprint density at radius 3 is 3.09 bits per heavy atom. The molecule has 0 aliphatic carbocycles. The first-order valence-corrected chi connectivity index (χ1v) is 3.02. The highest BCUT2D eigenvalue weighted by atomic mass is 16.1. The van der Waals surface area contributed by atoms with Crippen LogP contribution >= 0.6 is 0 Å². The third-order valence-electron chi connectivity index (χ3n) is 1.36. The topological polar surface area (TPSA) is 83.9 Å². The van der Waals surface area contributed by atoms with Gasteiger partial charge in [0, 0.05) is 0 Å². The van der Waals surface area contributed by atoms with Crippen molar-refractivity contribution in [2.45, 2.75) is 6.92 Å². The van der Waals surface area contributed by atoms with E-state index in [1.165, 1.54) is 4.68 Å². The summed E-state index contributed by atoms with van der Waals surface area (Å²) in [6.07, 6.45) is 0. The first kappa shape index (κ1) is 6.10. The molecule has 7 heteroatoms. The van der Waals surface area contributed by atoms with Gasteiger partial charge in [-0.15, -0.1) is 15.7 Å². The number of hydrogen-bond donors (Lipinski definition) is 3. The van der Waals surface area contributed by atoms with Gasteiger partial charge in [-0.25, -0.2) is 5.53 Å². The minimum atomic E-state index is -0.215. The molecule has 0 unspecified atom stereocenters. The molecule has 0 saturated carbocycles. The summed E-state index contributed by atoms with van der Waals surface area (Å²) < 4.78 is 1.24. The van der Waals surface area contributed by atoms with E-state index in [9.17, 15) is 4.79 Å². The summed E-state index contributed by atoms with van der Waals surface area (Å²) in [7, 11) is 0. The number of aromatic nitrogens is 3. The van der Waals surface area contributed by atoms with E-state index in [0.29, 0.717) is 11.6 Å². The van der Waals surface area contributed by atoms with Crippen molar-refractivity contribution in [3.05, 3.63) is 16.0 Å². The van der Waals surface area contributed by atoms with Gasteiger partial charge in [0.15, 0.2) is 0 Å². The molecule has 0 aromatic carbocycles. The largest absolute Gasteiger partial charge is 0.296 e. The highest BCUT2D eigenvalue weighted by Crippen LogP contribution is 1.96. The molecule has 0 bridgehead atoms. The van der Waals surface area contributed by atoms with Crippen LogP contribution in [-0.2, 0) is 0 Å². The summed E-state index contributed by atoms with van der Waals surface area (Å²) >= 11 is 0. The van der Waals surface area contributed by atoms with E-state index in [-0.39, 0.29) is 5.56 Å². The summed E-state index contributed by atoms with van der Waals surface area (Å²) in [6, 6.07) is 0. The van der Waals surface area contributed by atoms with E-state index in [1.807, 2.05) is 0 Å². The molecule has 3 N–H and O–H groups in total. The molecule has 0 atom stereocenters. The Labute approximate surface area is 61.3 Å². The predicted molar refractivity (Wildman–Crippen MR) is 37.1 cm³/mol. The Hall–Kier alpha value is -1.63. The molecule has 0 fully saturated rings. The second kappa shape index (κ2) is 1.92. The maximum Gasteiger partial charge on any atom is 0.296 e. The summed E-state index contributed by atoms with van der Waals surface area (Å²) in [4.78, 5) is 11.2. The van der Waals surface area contributed by atoms with Crippen LogP contribution in [0.25, 0.3) is 0 Å². The highest BCUT2D eigenvalue weighted by Gasteiger charge is 2.12. The van der Waals surface area contributed by atoms with Crippen molar-refractivity contribution in [1.29, 1.82) is 0 Å². The molecule has 11 heavy (non-hydrogen) atoms. The van der Waals surface area contributed by atoms with Crippen molar-refractivity contribution >= 4 is 5.95 Å². The standard InChI is InChI=1S/C4H6N6O/c1-2-3(11)10-4(6-5-2)7-8-9-10/h8-9H,1H3,(H,6,7). The number of nitrogens with zero attached hydrogens (tertiary/aromatic N) is 3. The van der Waals surface area contributed by atoms with Crippen molar-refractivity contribution in [3.63, 3.8) is 0 Å². The van der Waals surface area contributed by atoms with Crippen LogP contribution in [0.4, 0.5) is 5.95 Å². The number of hydrogen-bond acceptors (Lipinski definition) is 6. The van der Waals surface area contributed by atoms with Gasteiger partial charge >= 0.3 is 0 Å². The molecule has 2 rings (SSSR count). The fourth-order valence-corrected chi connectivity index (χ4v) is 0.792. The minimum Gasteiger partial charge on any atom is -0.269 e. The average molecular weight is 154 g/mol. The van der Waals surface area contributed by atoms with Crippen molar-refractivity contribution in [1.82, 2.24) is 20.4 Å². The Balaban J connectivity index is 2.72. The third kappa shape index (κ3) is 0.744. The van der Waals surface area contributed by atoms with Crippen molar-refractivity contribution < 1.29 is 0 Å². The maximum absolute atomic E-state index is 11.2. The SMILES string of the molecule is Cc1nnc2n(c1=O)NNN2. The van der Waals surface area contributed by atoms with Crippen LogP contribution < -0.4 is 22.1 Å². The Morgan fingerprint density at radius 2 is 2.27 bits per heavy atom. The smallest absolute Gasteiger partial charge is 0.269 e. The summed E-state index contributed by atoms with van der Waals surface area (Å²) in [5.41, 5.74) is 7.80. The van der Waals surface area contributed by atoms with Gasteiger partial charge < -0.3 is 0 Å². The van der Waals surface area contributed by atoms with Gasteiger partial charge in [-0.1, -0.05) is 0 Å². The van der Waals surface area contributed by atoms with E-state index in [4.69, 9.17) is 0 Å². The van der Waals surface area contributed by atoms with Crippen molar-refractivity contribution in [2.24, 2.45) is 0 Å². The van der Waals surface area contributed by atoms with Crippen LogP contribution in [0.1, 0.15) is 5.69 Å². The predicted octanol–water partition coefficient (Wildman–Crippen LogP) is -1.66. The molecule has 58 valence electrons. The quantitative estimate of drug-likeness (QED) is 0.414. The van der Waals surface area contributed by atoms with E-state index < -0.39 is 0 Å². The summed E-state index contributed by atoms with van der Waals surface area (Å²) in [5, 5.41) is 7.32. The second-order valence-corrected chi connectivity index (χ2v) is 2.11. The lowest BCUT2D eigenvalue weighted by molar-refractivity contribution is 0.779. The second-order valence-electron chi connectivity index (χ2n) is 2.11. The molecule has 0 amide bonds. The summed E-state index contributed by atoms with van der Waals surface area (Å²) in [5.74, 6) is 0.362. The number of aryl methyl sites for hydroxylation is 1. The van der Waals surface area contributed by atoms with E-state index in [2.05, 4.69) is 26.7 Å². The van der Waals surface area contributed by atoms with Gasteiger partial charge in [0.25, 0.3) is 11.5 Å². The van der Waals surface area contributed by atoms with Gasteiger partial charge in [0.2, 0.25) is 0 Å². The molecule has 2 heterocycles. The van der Waals surface area contributed by atoms with Gasteiger partial charge in [-0.2, -0.15) is 4.68 Å². The first-order valence-electron chi connectivity index (χ1n) is 3.02. The van der Waals surface area contributed by atoms with Crippen LogP contribution in [0.15, 0.2) is 4.79 Å². The highest BCUT2D eigenvalue weighted by molar-refractivity contribution is 5.27. The number of anilines is 1.